The molecule has 0 aliphatic rings. The van der Waals surface area contributed by atoms with Crippen molar-refractivity contribution < 1.29 is 9.59 Å². The molecule has 6 nitrogen and oxygen atoms in total. The molecule has 2 aromatic heterocycles. The van der Waals surface area contributed by atoms with Gasteiger partial charge in [0.25, 0.3) is 5.91 Å². The zero-order chi connectivity index (χ0) is 21.1. The maximum absolute atomic E-state index is 12.5. The predicted molar refractivity (Wildman–Crippen MR) is 120 cm³/mol. The van der Waals surface area contributed by atoms with E-state index < -0.39 is 0 Å². The Morgan fingerprint density at radius 3 is 2.77 bits per heavy atom. The lowest BCUT2D eigenvalue weighted by Gasteiger charge is -2.05. The Balaban J connectivity index is 1.43. The van der Waals surface area contributed by atoms with E-state index in [0.29, 0.717) is 27.6 Å². The number of carbonyl (C=O) groups is 2. The van der Waals surface area contributed by atoms with Gasteiger partial charge in [-0.05, 0) is 30.2 Å². The Kier molecular flexibility index (Phi) is 5.83. The van der Waals surface area contributed by atoms with Gasteiger partial charge in [-0.25, -0.2) is 0 Å². The average molecular weight is 439 g/mol. The Labute approximate surface area is 182 Å². The van der Waals surface area contributed by atoms with E-state index in [1.807, 2.05) is 49.4 Å². The number of hydrogen-bond acceptors (Lipinski definition) is 4. The Morgan fingerprint density at radius 1 is 1.13 bits per heavy atom. The molecule has 3 N–H and O–H groups in total. The molecule has 0 unspecified atom stereocenters. The summed E-state index contributed by atoms with van der Waals surface area (Å²) < 4.78 is 0. The number of hydrogen-bond donors (Lipinski definition) is 3. The zero-order valence-electron chi connectivity index (χ0n) is 16.2. The molecule has 0 aliphatic carbocycles. The van der Waals surface area contributed by atoms with E-state index in [1.54, 1.807) is 12.1 Å². The van der Waals surface area contributed by atoms with Crippen LogP contribution in [0.4, 0.5) is 5.82 Å². The summed E-state index contributed by atoms with van der Waals surface area (Å²) in [4.78, 5) is 26.2. The number of H-pyrrole nitrogens is 1. The standard InChI is InChI=1S/C22H19ClN4O2S/c1-13-5-4-6-14(9-13)10-19(28)25-20-16-11-18(30-22(16)27-26-20)21(29)24-12-15-7-2-3-8-17(15)23/h2-9,11H,10,12H2,1H3,(H,24,29)(H2,25,26,27,28). The Bertz CT molecular complexity index is 1230. The molecule has 0 saturated carbocycles. The van der Waals surface area contributed by atoms with Gasteiger partial charge in [-0.3, -0.25) is 14.7 Å². The highest BCUT2D eigenvalue weighted by Gasteiger charge is 2.17. The number of aromatic nitrogens is 2. The summed E-state index contributed by atoms with van der Waals surface area (Å²) in [5.74, 6) is 0.0514. The fraction of sp³-hybridized carbons (Fsp3) is 0.136. The molecule has 0 atom stereocenters. The topological polar surface area (TPSA) is 86.9 Å². The molecular formula is C22H19ClN4O2S. The quantitative estimate of drug-likeness (QED) is 0.408. The molecule has 0 spiro atoms. The number of aryl methyl sites for hydroxylation is 1. The van der Waals surface area contributed by atoms with Crippen molar-refractivity contribution in [2.75, 3.05) is 5.32 Å². The molecule has 2 amide bonds. The highest BCUT2D eigenvalue weighted by Crippen LogP contribution is 2.29. The fourth-order valence-corrected chi connectivity index (χ4v) is 4.23. The number of thiophene rings is 1. The summed E-state index contributed by atoms with van der Waals surface area (Å²) >= 11 is 7.42. The number of carbonyl (C=O) groups excluding carboxylic acids is 2. The van der Waals surface area contributed by atoms with Gasteiger partial charge in [-0.2, -0.15) is 5.10 Å². The van der Waals surface area contributed by atoms with Gasteiger partial charge in [0.1, 0.15) is 4.83 Å². The fourth-order valence-electron chi connectivity index (χ4n) is 3.11. The normalized spacial score (nSPS) is 10.9. The first kappa shape index (κ1) is 20.1. The van der Waals surface area contributed by atoms with Gasteiger partial charge in [0.05, 0.1) is 16.7 Å². The van der Waals surface area contributed by atoms with Crippen molar-refractivity contribution in [1.29, 1.82) is 0 Å². The van der Waals surface area contributed by atoms with Gasteiger partial charge in [0.15, 0.2) is 5.82 Å². The Morgan fingerprint density at radius 2 is 1.97 bits per heavy atom. The van der Waals surface area contributed by atoms with Gasteiger partial charge < -0.3 is 10.6 Å². The molecule has 4 rings (SSSR count). The van der Waals surface area contributed by atoms with Crippen LogP contribution in [0.3, 0.4) is 0 Å². The van der Waals surface area contributed by atoms with Crippen LogP contribution in [0.1, 0.15) is 26.4 Å². The van der Waals surface area contributed by atoms with Crippen molar-refractivity contribution in [1.82, 2.24) is 15.5 Å². The summed E-state index contributed by atoms with van der Waals surface area (Å²) in [5, 5.41) is 14.1. The first-order valence-electron chi connectivity index (χ1n) is 9.34. The smallest absolute Gasteiger partial charge is 0.261 e. The van der Waals surface area contributed by atoms with E-state index >= 15 is 0 Å². The van der Waals surface area contributed by atoms with Crippen molar-refractivity contribution in [3.05, 3.63) is 81.2 Å². The number of fused-ring (bicyclic) bond motifs is 1. The van der Waals surface area contributed by atoms with Crippen molar-refractivity contribution in [3.63, 3.8) is 0 Å². The van der Waals surface area contributed by atoms with Crippen LogP contribution in [0.15, 0.2) is 54.6 Å². The first-order chi connectivity index (χ1) is 14.5. The number of halogens is 1. The zero-order valence-corrected chi connectivity index (χ0v) is 17.7. The maximum Gasteiger partial charge on any atom is 0.261 e. The monoisotopic (exact) mass is 438 g/mol. The molecule has 0 fully saturated rings. The number of nitrogens with zero attached hydrogens (tertiary/aromatic N) is 1. The molecule has 4 aromatic rings. The highest BCUT2D eigenvalue weighted by atomic mass is 35.5. The molecule has 0 bridgehead atoms. The number of amides is 2. The third-order valence-corrected chi connectivity index (χ3v) is 5.99. The first-order valence-corrected chi connectivity index (χ1v) is 10.5. The molecule has 152 valence electrons. The lowest BCUT2D eigenvalue weighted by molar-refractivity contribution is -0.115. The molecular weight excluding hydrogens is 420 g/mol. The molecule has 0 radical (unpaired) electrons. The van der Waals surface area contributed by atoms with Crippen molar-refractivity contribution in [2.45, 2.75) is 19.9 Å². The third-order valence-electron chi connectivity index (χ3n) is 4.58. The van der Waals surface area contributed by atoms with Crippen LogP contribution in [0.25, 0.3) is 10.2 Å². The lowest BCUT2D eigenvalue weighted by atomic mass is 10.1. The second-order valence-corrected chi connectivity index (χ2v) is 8.37. The molecule has 8 heteroatoms. The van der Waals surface area contributed by atoms with Crippen LogP contribution in [0, 0.1) is 6.92 Å². The Hall–Kier alpha value is -3.16. The maximum atomic E-state index is 12.5. The minimum atomic E-state index is -0.207. The van der Waals surface area contributed by atoms with E-state index in [4.69, 9.17) is 11.6 Å². The van der Waals surface area contributed by atoms with Crippen molar-refractivity contribution in [3.8, 4) is 0 Å². The second-order valence-electron chi connectivity index (χ2n) is 6.91. The predicted octanol–water partition coefficient (Wildman–Crippen LogP) is 4.70. The summed E-state index contributed by atoms with van der Waals surface area (Å²) in [6.07, 6.45) is 0.255. The summed E-state index contributed by atoms with van der Waals surface area (Å²) in [5.41, 5.74) is 2.89. The molecule has 30 heavy (non-hydrogen) atoms. The lowest BCUT2D eigenvalue weighted by Crippen LogP contribution is -2.21. The number of rotatable bonds is 6. The number of aromatic amines is 1. The summed E-state index contributed by atoms with van der Waals surface area (Å²) in [6, 6.07) is 16.9. The van der Waals surface area contributed by atoms with E-state index in [9.17, 15) is 9.59 Å². The third kappa shape index (κ3) is 4.53. The van der Waals surface area contributed by atoms with Gasteiger partial charge >= 0.3 is 0 Å². The number of benzene rings is 2. The van der Waals surface area contributed by atoms with Crippen LogP contribution in [-0.4, -0.2) is 22.0 Å². The van der Waals surface area contributed by atoms with Crippen LogP contribution >= 0.6 is 22.9 Å². The van der Waals surface area contributed by atoms with Crippen LogP contribution in [0.5, 0.6) is 0 Å². The van der Waals surface area contributed by atoms with Gasteiger partial charge in [0.2, 0.25) is 5.91 Å². The minimum Gasteiger partial charge on any atom is -0.347 e. The van der Waals surface area contributed by atoms with Crippen molar-refractivity contribution >= 4 is 50.8 Å². The van der Waals surface area contributed by atoms with Crippen LogP contribution in [0.2, 0.25) is 5.02 Å². The summed E-state index contributed by atoms with van der Waals surface area (Å²) in [6.45, 7) is 2.32. The van der Waals surface area contributed by atoms with Crippen LogP contribution < -0.4 is 10.6 Å². The molecule has 2 heterocycles. The SMILES string of the molecule is Cc1cccc(CC(=O)Nc2n[nH]c3sc(C(=O)NCc4ccccc4Cl)cc23)c1. The van der Waals surface area contributed by atoms with E-state index in [2.05, 4.69) is 20.8 Å². The van der Waals surface area contributed by atoms with Crippen molar-refractivity contribution in [2.24, 2.45) is 0 Å². The largest absolute Gasteiger partial charge is 0.347 e. The van der Waals surface area contributed by atoms with Gasteiger partial charge in [-0.15, -0.1) is 11.3 Å². The van der Waals surface area contributed by atoms with E-state index in [1.165, 1.54) is 11.3 Å². The van der Waals surface area contributed by atoms with Gasteiger partial charge in [-0.1, -0.05) is 59.6 Å². The average Bonchev–Trinajstić information content (AvgIpc) is 3.29. The number of nitrogens with one attached hydrogen (secondary N) is 3. The number of anilines is 1. The molecule has 0 aliphatic heterocycles. The van der Waals surface area contributed by atoms with Crippen LogP contribution in [-0.2, 0) is 17.8 Å². The highest BCUT2D eigenvalue weighted by molar-refractivity contribution is 7.20. The van der Waals surface area contributed by atoms with Gasteiger partial charge in [0, 0.05) is 11.6 Å². The molecule has 2 aromatic carbocycles. The molecule has 0 saturated heterocycles. The van der Waals surface area contributed by atoms with E-state index in [0.717, 1.165) is 21.5 Å². The second kappa shape index (κ2) is 8.69. The minimum absolute atomic E-state index is 0.162. The van der Waals surface area contributed by atoms with E-state index in [-0.39, 0.29) is 18.2 Å². The summed E-state index contributed by atoms with van der Waals surface area (Å²) in [7, 11) is 0.